The fraction of sp³-hybridized carbons (Fsp3) is 0.533. The van der Waals surface area contributed by atoms with Gasteiger partial charge in [0.15, 0.2) is 0 Å². The van der Waals surface area contributed by atoms with Gasteiger partial charge in [-0.05, 0) is 25.3 Å². The maximum atomic E-state index is 11.6. The molecule has 0 aliphatic carbocycles. The fourth-order valence-electron chi connectivity index (χ4n) is 2.22. The third-order valence-electron chi connectivity index (χ3n) is 3.75. The second kappa shape index (κ2) is 8.18. The van der Waals surface area contributed by atoms with E-state index in [0.29, 0.717) is 6.54 Å². The quantitative estimate of drug-likeness (QED) is 0.844. The lowest BCUT2D eigenvalue weighted by molar-refractivity contribution is -0.122. The number of carbonyl (C=O) groups is 1. The number of halogens is 1. The zero-order chi connectivity index (χ0) is 13.6. The molecule has 108 valence electrons. The van der Waals surface area contributed by atoms with Gasteiger partial charge in [0.2, 0.25) is 5.91 Å². The summed E-state index contributed by atoms with van der Waals surface area (Å²) in [6.45, 7) is 6.67. The second-order valence-electron chi connectivity index (χ2n) is 4.86. The number of hydrogen-bond donors (Lipinski definition) is 2. The van der Waals surface area contributed by atoms with Crippen LogP contribution in [-0.4, -0.2) is 18.5 Å². The Morgan fingerprint density at radius 3 is 2.21 bits per heavy atom. The van der Waals surface area contributed by atoms with Crippen molar-refractivity contribution in [1.82, 2.24) is 5.32 Å². The molecule has 0 aromatic heterocycles. The van der Waals surface area contributed by atoms with Crippen LogP contribution < -0.4 is 11.1 Å². The minimum absolute atomic E-state index is 0. The van der Waals surface area contributed by atoms with Crippen molar-refractivity contribution in [2.75, 3.05) is 6.54 Å². The van der Waals surface area contributed by atoms with Crippen molar-refractivity contribution in [1.29, 1.82) is 0 Å². The molecule has 19 heavy (non-hydrogen) atoms. The Morgan fingerprint density at radius 1 is 1.26 bits per heavy atom. The van der Waals surface area contributed by atoms with Crippen molar-refractivity contribution in [2.45, 2.75) is 45.1 Å². The number of nitrogens with one attached hydrogen (secondary N) is 1. The Bertz CT molecular complexity index is 375. The van der Waals surface area contributed by atoms with Crippen molar-refractivity contribution in [2.24, 2.45) is 5.73 Å². The van der Waals surface area contributed by atoms with E-state index < -0.39 is 6.04 Å². The smallest absolute Gasteiger partial charge is 0.236 e. The molecule has 0 aliphatic heterocycles. The van der Waals surface area contributed by atoms with Crippen LogP contribution in [0, 0.1) is 0 Å². The van der Waals surface area contributed by atoms with E-state index in [1.165, 1.54) is 5.56 Å². The topological polar surface area (TPSA) is 55.1 Å². The molecule has 1 aromatic rings. The maximum absolute atomic E-state index is 11.6. The maximum Gasteiger partial charge on any atom is 0.236 e. The summed E-state index contributed by atoms with van der Waals surface area (Å²) in [5, 5.41) is 2.96. The number of hydrogen-bond acceptors (Lipinski definition) is 2. The van der Waals surface area contributed by atoms with E-state index in [2.05, 4.69) is 31.3 Å². The summed E-state index contributed by atoms with van der Waals surface area (Å²) in [6.07, 6.45) is 1.99. The molecule has 1 aromatic carbocycles. The molecule has 1 amide bonds. The summed E-state index contributed by atoms with van der Waals surface area (Å²) < 4.78 is 0. The molecule has 0 aliphatic rings. The van der Waals surface area contributed by atoms with Crippen molar-refractivity contribution in [3.8, 4) is 0 Å². The van der Waals surface area contributed by atoms with E-state index in [1.807, 2.05) is 18.2 Å². The monoisotopic (exact) mass is 284 g/mol. The number of carbonyl (C=O) groups excluding carboxylic acids is 1. The lowest BCUT2D eigenvalue weighted by Crippen LogP contribution is -2.45. The van der Waals surface area contributed by atoms with E-state index in [9.17, 15) is 4.79 Å². The van der Waals surface area contributed by atoms with E-state index in [-0.39, 0.29) is 23.7 Å². The van der Waals surface area contributed by atoms with Gasteiger partial charge in [0, 0.05) is 12.0 Å². The highest BCUT2D eigenvalue weighted by molar-refractivity contribution is 5.85. The van der Waals surface area contributed by atoms with Crippen molar-refractivity contribution < 1.29 is 4.79 Å². The lowest BCUT2D eigenvalue weighted by Gasteiger charge is -2.33. The van der Waals surface area contributed by atoms with Crippen LogP contribution in [0.15, 0.2) is 30.3 Å². The zero-order valence-electron chi connectivity index (χ0n) is 12.0. The number of benzene rings is 1. The number of rotatable bonds is 6. The first-order valence-corrected chi connectivity index (χ1v) is 6.64. The Kier molecular flexibility index (Phi) is 7.72. The van der Waals surface area contributed by atoms with Gasteiger partial charge in [-0.25, -0.2) is 0 Å². The van der Waals surface area contributed by atoms with Crippen LogP contribution in [0.5, 0.6) is 0 Å². The van der Waals surface area contributed by atoms with Gasteiger partial charge in [-0.15, -0.1) is 12.4 Å². The molecule has 0 saturated carbocycles. The summed E-state index contributed by atoms with van der Waals surface area (Å²) in [5.41, 5.74) is 6.86. The first-order chi connectivity index (χ1) is 8.55. The Hall–Kier alpha value is -1.06. The fourth-order valence-corrected chi connectivity index (χ4v) is 2.22. The average Bonchev–Trinajstić information content (AvgIpc) is 2.41. The third kappa shape index (κ3) is 4.51. The molecular formula is C15H25ClN2O. The molecule has 1 atom stereocenters. The molecular weight excluding hydrogens is 260 g/mol. The molecule has 0 fully saturated rings. The summed E-state index contributed by atoms with van der Waals surface area (Å²) in [7, 11) is 0. The van der Waals surface area contributed by atoms with Crippen LogP contribution in [-0.2, 0) is 10.2 Å². The first-order valence-electron chi connectivity index (χ1n) is 6.64. The second-order valence-corrected chi connectivity index (χ2v) is 4.86. The SMILES string of the molecule is CCC(CC)(CNC(=O)[C@@H](C)N)c1ccccc1.Cl. The Balaban J connectivity index is 0.00000324. The van der Waals surface area contributed by atoms with Crippen LogP contribution in [0.25, 0.3) is 0 Å². The Morgan fingerprint density at radius 2 is 1.79 bits per heavy atom. The minimum Gasteiger partial charge on any atom is -0.354 e. The zero-order valence-corrected chi connectivity index (χ0v) is 12.8. The van der Waals surface area contributed by atoms with Crippen molar-refractivity contribution in [3.05, 3.63) is 35.9 Å². The van der Waals surface area contributed by atoms with Gasteiger partial charge in [-0.2, -0.15) is 0 Å². The van der Waals surface area contributed by atoms with Gasteiger partial charge in [0.05, 0.1) is 6.04 Å². The van der Waals surface area contributed by atoms with E-state index >= 15 is 0 Å². The summed E-state index contributed by atoms with van der Waals surface area (Å²) in [6, 6.07) is 9.91. The van der Waals surface area contributed by atoms with Gasteiger partial charge in [0.25, 0.3) is 0 Å². The van der Waals surface area contributed by atoms with Crippen LogP contribution in [0.2, 0.25) is 0 Å². The standard InChI is InChI=1S/C15H24N2O.ClH/c1-4-15(5-2,11-17-14(18)12(3)16)13-9-7-6-8-10-13;/h6-10,12H,4-5,11,16H2,1-3H3,(H,17,18);1H/t12-;/m1./s1. The molecule has 0 bridgehead atoms. The van der Waals surface area contributed by atoms with Gasteiger partial charge in [0.1, 0.15) is 0 Å². The van der Waals surface area contributed by atoms with E-state index in [1.54, 1.807) is 6.92 Å². The molecule has 0 spiro atoms. The molecule has 0 unspecified atom stereocenters. The molecule has 0 saturated heterocycles. The summed E-state index contributed by atoms with van der Waals surface area (Å²) >= 11 is 0. The molecule has 3 nitrogen and oxygen atoms in total. The van der Waals surface area contributed by atoms with Crippen LogP contribution in [0.4, 0.5) is 0 Å². The van der Waals surface area contributed by atoms with Gasteiger partial charge < -0.3 is 11.1 Å². The van der Waals surface area contributed by atoms with Gasteiger partial charge >= 0.3 is 0 Å². The highest BCUT2D eigenvalue weighted by Crippen LogP contribution is 2.30. The van der Waals surface area contributed by atoms with Crippen LogP contribution in [0.1, 0.15) is 39.2 Å². The summed E-state index contributed by atoms with van der Waals surface area (Å²) in [5.74, 6) is -0.0859. The van der Waals surface area contributed by atoms with Crippen molar-refractivity contribution in [3.63, 3.8) is 0 Å². The largest absolute Gasteiger partial charge is 0.354 e. The Labute approximate surface area is 122 Å². The molecule has 0 heterocycles. The summed E-state index contributed by atoms with van der Waals surface area (Å²) in [4.78, 5) is 11.6. The molecule has 0 radical (unpaired) electrons. The molecule has 3 N–H and O–H groups in total. The lowest BCUT2D eigenvalue weighted by atomic mass is 9.76. The van der Waals surface area contributed by atoms with Crippen LogP contribution in [0.3, 0.4) is 0 Å². The van der Waals surface area contributed by atoms with Crippen LogP contribution >= 0.6 is 12.4 Å². The van der Waals surface area contributed by atoms with Gasteiger partial charge in [-0.1, -0.05) is 44.2 Å². The highest BCUT2D eigenvalue weighted by atomic mass is 35.5. The molecule has 4 heteroatoms. The highest BCUT2D eigenvalue weighted by Gasteiger charge is 2.28. The minimum atomic E-state index is -0.452. The van der Waals surface area contributed by atoms with E-state index in [4.69, 9.17) is 5.73 Å². The van der Waals surface area contributed by atoms with Crippen molar-refractivity contribution >= 4 is 18.3 Å². The molecule has 1 rings (SSSR count). The average molecular weight is 285 g/mol. The normalized spacial score (nSPS) is 12.4. The predicted octanol–water partition coefficient (Wildman–Crippen LogP) is 2.63. The first kappa shape index (κ1) is 17.9. The van der Waals surface area contributed by atoms with E-state index in [0.717, 1.165) is 12.8 Å². The third-order valence-corrected chi connectivity index (χ3v) is 3.75. The number of amides is 1. The van der Waals surface area contributed by atoms with Gasteiger partial charge in [-0.3, -0.25) is 4.79 Å². The number of nitrogens with two attached hydrogens (primary N) is 1. The predicted molar refractivity (Wildman–Crippen MR) is 82.6 cm³/mol.